The van der Waals surface area contributed by atoms with Crippen molar-refractivity contribution in [3.63, 3.8) is 0 Å². The maximum atomic E-state index is 13.9. The van der Waals surface area contributed by atoms with E-state index in [9.17, 15) is 4.79 Å². The second kappa shape index (κ2) is 9.22. The minimum Gasteiger partial charge on any atom is -0.457 e. The number of furan rings is 1. The minimum absolute atomic E-state index is 0.0394. The summed E-state index contributed by atoms with van der Waals surface area (Å²) in [5.74, 6) is 1.40. The predicted molar refractivity (Wildman–Crippen MR) is 156 cm³/mol. The first kappa shape index (κ1) is 23.4. The van der Waals surface area contributed by atoms with Gasteiger partial charge in [0.2, 0.25) is 0 Å². The Morgan fingerprint density at radius 1 is 0.974 bits per heavy atom. The van der Waals surface area contributed by atoms with E-state index in [1.165, 1.54) is 33.6 Å². The summed E-state index contributed by atoms with van der Waals surface area (Å²) in [6, 6.07) is 28.6. The van der Waals surface area contributed by atoms with E-state index in [1.54, 1.807) is 0 Å². The summed E-state index contributed by atoms with van der Waals surface area (Å²) >= 11 is 5.06. The van der Waals surface area contributed by atoms with Crippen molar-refractivity contribution in [2.45, 2.75) is 25.8 Å². The molecule has 3 aromatic carbocycles. The molecular formula is C32H23BrN2O2S. The summed E-state index contributed by atoms with van der Waals surface area (Å²) in [6.07, 6.45) is 3.67. The van der Waals surface area contributed by atoms with Crippen LogP contribution in [0.5, 0.6) is 0 Å². The highest BCUT2D eigenvalue weighted by molar-refractivity contribution is 9.10. The molecule has 0 N–H and O–H groups in total. The standard InChI is InChI=1S/C32H23BrN2O2S/c1-19-11-14-24(26(33)17-19)27-16-13-22(37-27)18-28-31(36)35-30(21-8-3-2-4-9-21)25-15-12-20-7-5-6-10-23(20)29(25)34-32(35)38-28/h2-11,13-14,16-18,30H,12,15H2,1H3/b28-18-/t30-/m1/s1. The van der Waals surface area contributed by atoms with Crippen molar-refractivity contribution in [2.75, 3.05) is 0 Å². The van der Waals surface area contributed by atoms with Crippen molar-refractivity contribution in [1.82, 2.24) is 4.57 Å². The van der Waals surface area contributed by atoms with Gasteiger partial charge in [-0.3, -0.25) is 9.36 Å². The molecule has 0 fully saturated rings. The van der Waals surface area contributed by atoms with Gasteiger partial charge in [0.25, 0.3) is 5.56 Å². The van der Waals surface area contributed by atoms with Gasteiger partial charge in [0.05, 0.1) is 16.3 Å². The van der Waals surface area contributed by atoms with Crippen molar-refractivity contribution in [1.29, 1.82) is 0 Å². The number of fused-ring (bicyclic) bond motifs is 3. The van der Waals surface area contributed by atoms with Crippen LogP contribution >= 0.6 is 27.3 Å². The molecule has 4 nitrogen and oxygen atoms in total. The number of hydrogen-bond donors (Lipinski definition) is 0. The van der Waals surface area contributed by atoms with E-state index < -0.39 is 0 Å². The Kier molecular flexibility index (Phi) is 5.68. The van der Waals surface area contributed by atoms with E-state index in [4.69, 9.17) is 9.41 Å². The van der Waals surface area contributed by atoms with Crippen molar-refractivity contribution < 1.29 is 4.42 Å². The highest BCUT2D eigenvalue weighted by Crippen LogP contribution is 2.41. The van der Waals surface area contributed by atoms with Gasteiger partial charge in [0.15, 0.2) is 4.80 Å². The molecule has 2 aromatic heterocycles. The molecule has 0 radical (unpaired) electrons. The Morgan fingerprint density at radius 3 is 2.63 bits per heavy atom. The van der Waals surface area contributed by atoms with E-state index in [0.29, 0.717) is 10.3 Å². The van der Waals surface area contributed by atoms with Crippen molar-refractivity contribution in [2.24, 2.45) is 4.99 Å². The third-order valence-corrected chi connectivity index (χ3v) is 8.92. The van der Waals surface area contributed by atoms with Crippen LogP contribution in [0.15, 0.2) is 109 Å². The van der Waals surface area contributed by atoms with E-state index in [2.05, 4.69) is 71.4 Å². The van der Waals surface area contributed by atoms with Crippen LogP contribution in [0.3, 0.4) is 0 Å². The average molecular weight is 580 g/mol. The molecule has 0 bridgehead atoms. The Labute approximate surface area is 232 Å². The molecule has 3 heterocycles. The Hall–Kier alpha value is -3.74. The Morgan fingerprint density at radius 2 is 1.79 bits per heavy atom. The molecule has 6 heteroatoms. The first-order chi connectivity index (χ1) is 18.6. The fourth-order valence-corrected chi connectivity index (χ4v) is 7.15. The van der Waals surface area contributed by atoms with Gasteiger partial charge < -0.3 is 4.42 Å². The molecule has 0 spiro atoms. The summed E-state index contributed by atoms with van der Waals surface area (Å²) in [5, 5.41) is 0. The molecule has 1 aliphatic heterocycles. The molecule has 0 saturated heterocycles. The Balaban J connectivity index is 1.39. The number of aryl methyl sites for hydroxylation is 2. The van der Waals surface area contributed by atoms with Crippen LogP contribution in [0.2, 0.25) is 0 Å². The summed E-state index contributed by atoms with van der Waals surface area (Å²) in [5.41, 5.74) is 7.92. The lowest BCUT2D eigenvalue weighted by Gasteiger charge is -2.30. The molecule has 2 aliphatic rings. The smallest absolute Gasteiger partial charge is 0.271 e. The highest BCUT2D eigenvalue weighted by atomic mass is 79.9. The molecule has 38 heavy (non-hydrogen) atoms. The second-order valence-corrected chi connectivity index (χ2v) is 11.6. The molecule has 0 unspecified atom stereocenters. The van der Waals surface area contributed by atoms with Gasteiger partial charge in [-0.25, -0.2) is 4.99 Å². The Bertz CT molecular complexity index is 1930. The van der Waals surface area contributed by atoms with Gasteiger partial charge in [-0.2, -0.15) is 0 Å². The van der Waals surface area contributed by atoms with Gasteiger partial charge in [0, 0.05) is 21.7 Å². The van der Waals surface area contributed by atoms with Crippen LogP contribution in [0.4, 0.5) is 0 Å². The fraction of sp³-hybridized carbons (Fsp3) is 0.125. The molecule has 5 aromatic rings. The number of hydrogen-bond acceptors (Lipinski definition) is 4. The third kappa shape index (κ3) is 3.87. The maximum absolute atomic E-state index is 13.9. The number of thiazole rings is 1. The number of benzene rings is 3. The van der Waals surface area contributed by atoms with Crippen molar-refractivity contribution in [3.05, 3.63) is 143 Å². The minimum atomic E-state index is -0.173. The molecule has 1 aliphatic carbocycles. The number of nitrogens with zero attached hydrogens (tertiary/aromatic N) is 2. The van der Waals surface area contributed by atoms with E-state index in [-0.39, 0.29) is 11.6 Å². The van der Waals surface area contributed by atoms with E-state index >= 15 is 0 Å². The summed E-state index contributed by atoms with van der Waals surface area (Å²) in [4.78, 5) is 19.7. The number of rotatable bonds is 3. The van der Waals surface area contributed by atoms with Crippen LogP contribution < -0.4 is 14.9 Å². The fourth-order valence-electron chi connectivity index (χ4n) is 5.48. The zero-order chi connectivity index (χ0) is 25.8. The zero-order valence-electron chi connectivity index (χ0n) is 20.6. The summed E-state index contributed by atoms with van der Waals surface area (Å²) in [7, 11) is 0. The second-order valence-electron chi connectivity index (χ2n) is 9.71. The lowest BCUT2D eigenvalue weighted by atomic mass is 9.83. The third-order valence-electron chi connectivity index (χ3n) is 7.28. The van der Waals surface area contributed by atoms with Crippen LogP contribution in [-0.4, -0.2) is 4.57 Å². The molecular weight excluding hydrogens is 556 g/mol. The topological polar surface area (TPSA) is 47.5 Å². The lowest BCUT2D eigenvalue weighted by Crippen LogP contribution is -2.38. The zero-order valence-corrected chi connectivity index (χ0v) is 23.1. The van der Waals surface area contributed by atoms with Crippen molar-refractivity contribution >= 4 is 39.0 Å². The number of aromatic nitrogens is 1. The van der Waals surface area contributed by atoms with Crippen LogP contribution in [-0.2, 0) is 6.42 Å². The summed E-state index contributed by atoms with van der Waals surface area (Å²) < 4.78 is 9.63. The van der Waals surface area contributed by atoms with Crippen LogP contribution in [0.25, 0.3) is 23.1 Å². The van der Waals surface area contributed by atoms with Crippen molar-refractivity contribution in [3.8, 4) is 11.3 Å². The van der Waals surface area contributed by atoms with E-state index in [1.807, 2.05) is 47.0 Å². The first-order valence-corrected chi connectivity index (χ1v) is 14.2. The van der Waals surface area contributed by atoms with Gasteiger partial charge in [0.1, 0.15) is 11.5 Å². The number of halogens is 1. The largest absolute Gasteiger partial charge is 0.457 e. The van der Waals surface area contributed by atoms with Gasteiger partial charge in [-0.1, -0.05) is 87.9 Å². The highest BCUT2D eigenvalue weighted by Gasteiger charge is 2.32. The monoisotopic (exact) mass is 578 g/mol. The van der Waals surface area contributed by atoms with Gasteiger partial charge >= 0.3 is 0 Å². The molecule has 0 saturated carbocycles. The van der Waals surface area contributed by atoms with Gasteiger partial charge in [-0.15, -0.1) is 0 Å². The normalized spacial score (nSPS) is 16.6. The SMILES string of the molecule is Cc1ccc(-c2ccc(/C=c3\sc4n(c3=O)[C@H](c3ccccc3)C3=C(N=4)c4ccccc4CC3)o2)c(Br)c1. The molecule has 0 amide bonds. The molecule has 7 rings (SSSR count). The number of allylic oxidation sites excluding steroid dienone is 1. The average Bonchev–Trinajstić information content (AvgIpc) is 3.52. The maximum Gasteiger partial charge on any atom is 0.271 e. The predicted octanol–water partition coefficient (Wildman–Crippen LogP) is 6.65. The van der Waals surface area contributed by atoms with Crippen LogP contribution in [0.1, 0.15) is 40.5 Å². The molecule has 1 atom stereocenters. The lowest BCUT2D eigenvalue weighted by molar-refractivity contribution is 0.570. The summed E-state index contributed by atoms with van der Waals surface area (Å²) in [6.45, 7) is 2.06. The first-order valence-electron chi connectivity index (χ1n) is 12.6. The van der Waals surface area contributed by atoms with Gasteiger partial charge in [-0.05, 0) is 66.3 Å². The quantitative estimate of drug-likeness (QED) is 0.240. The molecule has 186 valence electrons. The van der Waals surface area contributed by atoms with E-state index in [0.717, 1.165) is 44.7 Å². The van der Waals surface area contributed by atoms with Crippen LogP contribution in [0, 0.1) is 6.92 Å².